The second-order valence-electron chi connectivity index (χ2n) is 2.17. The Morgan fingerprint density at radius 3 is 3.00 bits per heavy atom. The Kier molecular flexibility index (Phi) is 3.70. The molecule has 0 fully saturated rings. The number of thioether (sulfide) groups is 1. The molecule has 0 aliphatic rings. The molecule has 0 unspecified atom stereocenters. The minimum Gasteiger partial charge on any atom is -0.477 e. The molecule has 1 heterocycles. The summed E-state index contributed by atoms with van der Waals surface area (Å²) in [5, 5.41) is 0.606. The molecule has 0 atom stereocenters. The summed E-state index contributed by atoms with van der Waals surface area (Å²) in [6.07, 6.45) is 4.03. The van der Waals surface area contributed by atoms with Crippen molar-refractivity contribution in [1.82, 2.24) is 9.97 Å². The van der Waals surface area contributed by atoms with Crippen molar-refractivity contribution >= 4 is 18.0 Å². The van der Waals surface area contributed by atoms with Gasteiger partial charge in [0.05, 0.1) is 12.2 Å². The van der Waals surface area contributed by atoms with Crippen molar-refractivity contribution < 1.29 is 9.53 Å². The highest BCUT2D eigenvalue weighted by Gasteiger charge is 2.06. The summed E-state index contributed by atoms with van der Waals surface area (Å²) in [5.74, 6) is 0.358. The predicted octanol–water partition coefficient (Wildman–Crippen LogP) is 1.41. The topological polar surface area (TPSA) is 52.1 Å². The molecule has 0 aliphatic carbocycles. The fourth-order valence-corrected chi connectivity index (χ4v) is 1.12. The molecule has 0 saturated carbocycles. The van der Waals surface area contributed by atoms with Crippen LogP contribution in [0.2, 0.25) is 0 Å². The van der Waals surface area contributed by atoms with Gasteiger partial charge in [-0.3, -0.25) is 4.79 Å². The fourth-order valence-electron chi connectivity index (χ4n) is 0.792. The van der Waals surface area contributed by atoms with Crippen LogP contribution in [0.25, 0.3) is 0 Å². The van der Waals surface area contributed by atoms with Gasteiger partial charge in [0.2, 0.25) is 5.88 Å². The lowest BCUT2D eigenvalue weighted by Crippen LogP contribution is -2.00. The monoisotopic (exact) mass is 198 g/mol. The van der Waals surface area contributed by atoms with E-state index in [0.717, 1.165) is 0 Å². The van der Waals surface area contributed by atoms with Crippen LogP contribution in [0, 0.1) is 0 Å². The lowest BCUT2D eigenvalue weighted by atomic mass is 10.4. The lowest BCUT2D eigenvalue weighted by molar-refractivity contribution is 0.111. The van der Waals surface area contributed by atoms with Crippen LogP contribution >= 0.6 is 11.8 Å². The maximum atomic E-state index is 10.5. The molecular formula is C8H10N2O2S. The Morgan fingerprint density at radius 1 is 1.69 bits per heavy atom. The van der Waals surface area contributed by atoms with Gasteiger partial charge in [-0.15, -0.1) is 0 Å². The molecule has 5 heteroatoms. The van der Waals surface area contributed by atoms with Crippen molar-refractivity contribution in [3.8, 4) is 5.88 Å². The maximum absolute atomic E-state index is 10.5. The number of hydrogen-bond acceptors (Lipinski definition) is 5. The molecular weight excluding hydrogens is 188 g/mol. The molecule has 0 aromatic carbocycles. The van der Waals surface area contributed by atoms with Crippen molar-refractivity contribution in [1.29, 1.82) is 0 Å². The number of carbonyl (C=O) groups is 1. The van der Waals surface area contributed by atoms with Gasteiger partial charge >= 0.3 is 0 Å². The van der Waals surface area contributed by atoms with Crippen LogP contribution in [-0.2, 0) is 0 Å². The molecule has 13 heavy (non-hydrogen) atoms. The molecule has 0 N–H and O–H groups in total. The number of rotatable bonds is 4. The Morgan fingerprint density at radius 2 is 2.46 bits per heavy atom. The zero-order valence-electron chi connectivity index (χ0n) is 7.48. The first-order valence-electron chi connectivity index (χ1n) is 3.80. The summed E-state index contributed by atoms with van der Waals surface area (Å²) in [6.45, 7) is 2.33. The van der Waals surface area contributed by atoms with Crippen LogP contribution in [0.1, 0.15) is 17.3 Å². The van der Waals surface area contributed by atoms with E-state index >= 15 is 0 Å². The zero-order valence-corrected chi connectivity index (χ0v) is 8.30. The van der Waals surface area contributed by atoms with Crippen molar-refractivity contribution in [3.05, 3.63) is 11.8 Å². The van der Waals surface area contributed by atoms with Gasteiger partial charge in [0.25, 0.3) is 0 Å². The van der Waals surface area contributed by atoms with Gasteiger partial charge in [0, 0.05) is 6.20 Å². The van der Waals surface area contributed by atoms with E-state index in [1.54, 1.807) is 0 Å². The zero-order chi connectivity index (χ0) is 9.68. The Labute approximate surface area is 80.7 Å². The number of ether oxygens (including phenoxy) is 1. The SMILES string of the molecule is CCOc1nc(SC)ncc1C=O. The summed E-state index contributed by atoms with van der Waals surface area (Å²) in [7, 11) is 0. The van der Waals surface area contributed by atoms with Crippen LogP contribution in [-0.4, -0.2) is 29.1 Å². The summed E-state index contributed by atoms with van der Waals surface area (Å²) >= 11 is 1.41. The highest BCUT2D eigenvalue weighted by atomic mass is 32.2. The minimum atomic E-state index is 0.358. The van der Waals surface area contributed by atoms with Gasteiger partial charge in [-0.25, -0.2) is 4.98 Å². The van der Waals surface area contributed by atoms with Gasteiger partial charge in [0.1, 0.15) is 0 Å². The number of hydrogen-bond donors (Lipinski definition) is 0. The van der Waals surface area contributed by atoms with Gasteiger partial charge in [-0.2, -0.15) is 4.98 Å². The van der Waals surface area contributed by atoms with E-state index in [1.165, 1.54) is 18.0 Å². The Bertz CT molecular complexity index is 304. The molecule has 0 spiro atoms. The molecule has 70 valence electrons. The van der Waals surface area contributed by atoms with Crippen molar-refractivity contribution in [3.63, 3.8) is 0 Å². The normalized spacial score (nSPS) is 9.69. The molecule has 0 radical (unpaired) electrons. The smallest absolute Gasteiger partial charge is 0.228 e. The van der Waals surface area contributed by atoms with E-state index in [1.807, 2.05) is 13.2 Å². The van der Waals surface area contributed by atoms with Crippen LogP contribution in [0.3, 0.4) is 0 Å². The molecule has 0 saturated heterocycles. The quantitative estimate of drug-likeness (QED) is 0.416. The van der Waals surface area contributed by atoms with Crippen LogP contribution in [0.5, 0.6) is 5.88 Å². The van der Waals surface area contributed by atoms with Gasteiger partial charge < -0.3 is 4.74 Å². The largest absolute Gasteiger partial charge is 0.477 e. The first kappa shape index (κ1) is 9.98. The highest BCUT2D eigenvalue weighted by molar-refractivity contribution is 7.98. The standard InChI is InChI=1S/C8H10N2O2S/c1-3-12-7-6(5-11)4-9-8(10-7)13-2/h4-5H,3H2,1-2H3. The third-order valence-corrected chi connectivity index (χ3v) is 1.91. The fraction of sp³-hybridized carbons (Fsp3) is 0.375. The summed E-state index contributed by atoms with van der Waals surface area (Å²) in [4.78, 5) is 18.5. The third kappa shape index (κ3) is 2.42. The van der Waals surface area contributed by atoms with E-state index in [2.05, 4.69) is 9.97 Å². The maximum Gasteiger partial charge on any atom is 0.228 e. The number of carbonyl (C=O) groups excluding carboxylic acids is 1. The molecule has 0 amide bonds. The number of aromatic nitrogens is 2. The Balaban J connectivity index is 3.02. The first-order chi connectivity index (χ1) is 6.31. The Hall–Kier alpha value is -1.10. The molecule has 1 aromatic rings. The number of aldehydes is 1. The highest BCUT2D eigenvalue weighted by Crippen LogP contribution is 2.16. The van der Waals surface area contributed by atoms with Crippen molar-refractivity contribution in [2.45, 2.75) is 12.1 Å². The second kappa shape index (κ2) is 4.81. The molecule has 1 aromatic heterocycles. The molecule has 0 bridgehead atoms. The number of nitrogens with zero attached hydrogens (tertiary/aromatic N) is 2. The van der Waals surface area contributed by atoms with E-state index in [9.17, 15) is 4.79 Å². The predicted molar refractivity (Wildman–Crippen MR) is 50.4 cm³/mol. The average Bonchev–Trinajstić information content (AvgIpc) is 2.18. The van der Waals surface area contributed by atoms with Crippen molar-refractivity contribution in [2.75, 3.05) is 12.9 Å². The van der Waals surface area contributed by atoms with Gasteiger partial charge in [-0.05, 0) is 13.2 Å². The van der Waals surface area contributed by atoms with Crippen LogP contribution in [0.15, 0.2) is 11.4 Å². The molecule has 1 rings (SSSR count). The van der Waals surface area contributed by atoms with E-state index < -0.39 is 0 Å². The van der Waals surface area contributed by atoms with E-state index in [0.29, 0.717) is 29.5 Å². The first-order valence-corrected chi connectivity index (χ1v) is 5.03. The van der Waals surface area contributed by atoms with E-state index in [-0.39, 0.29) is 0 Å². The third-order valence-electron chi connectivity index (χ3n) is 1.35. The molecule has 4 nitrogen and oxygen atoms in total. The molecule has 0 aliphatic heterocycles. The van der Waals surface area contributed by atoms with Crippen LogP contribution in [0.4, 0.5) is 0 Å². The second-order valence-corrected chi connectivity index (χ2v) is 2.94. The summed E-state index contributed by atoms with van der Waals surface area (Å²) < 4.78 is 5.17. The summed E-state index contributed by atoms with van der Waals surface area (Å²) in [5.41, 5.74) is 0.389. The summed E-state index contributed by atoms with van der Waals surface area (Å²) in [6, 6.07) is 0. The van der Waals surface area contributed by atoms with Crippen LogP contribution < -0.4 is 4.74 Å². The van der Waals surface area contributed by atoms with Crippen molar-refractivity contribution in [2.24, 2.45) is 0 Å². The lowest BCUT2D eigenvalue weighted by Gasteiger charge is -2.04. The van der Waals surface area contributed by atoms with Gasteiger partial charge in [0.15, 0.2) is 11.4 Å². The van der Waals surface area contributed by atoms with E-state index in [4.69, 9.17) is 4.74 Å². The van der Waals surface area contributed by atoms with Gasteiger partial charge in [-0.1, -0.05) is 11.8 Å². The average molecular weight is 198 g/mol. The minimum absolute atomic E-state index is 0.358.